The van der Waals surface area contributed by atoms with E-state index in [1.807, 2.05) is 9.80 Å². The summed E-state index contributed by atoms with van der Waals surface area (Å²) < 4.78 is 0. The third-order valence-electron chi connectivity index (χ3n) is 3.13. The van der Waals surface area contributed by atoms with E-state index >= 15 is 0 Å². The maximum atomic E-state index is 11.3. The van der Waals surface area contributed by atoms with Crippen molar-refractivity contribution in [2.75, 3.05) is 26.2 Å². The second-order valence-corrected chi connectivity index (χ2v) is 4.68. The van der Waals surface area contributed by atoms with Crippen LogP contribution in [0.1, 0.15) is 38.5 Å². The van der Waals surface area contributed by atoms with Crippen LogP contribution in [0.5, 0.6) is 0 Å². The van der Waals surface area contributed by atoms with E-state index in [1.165, 1.54) is 0 Å². The molecule has 2 heterocycles. The molecule has 0 aromatic heterocycles. The third-order valence-corrected chi connectivity index (χ3v) is 3.13. The molecule has 4 heteroatoms. The molecule has 0 radical (unpaired) electrons. The van der Waals surface area contributed by atoms with Gasteiger partial charge < -0.3 is 9.80 Å². The van der Waals surface area contributed by atoms with Crippen molar-refractivity contribution in [2.24, 2.45) is 0 Å². The third kappa shape index (κ3) is 3.83. The number of rotatable bonds is 7. The average Bonchev–Trinajstić information content (AvgIpc) is 3.15. The van der Waals surface area contributed by atoms with E-state index in [4.69, 9.17) is 0 Å². The average molecular weight is 224 g/mol. The molecule has 0 aromatic rings. The molecule has 0 saturated carbocycles. The molecule has 0 atom stereocenters. The zero-order valence-electron chi connectivity index (χ0n) is 9.78. The summed E-state index contributed by atoms with van der Waals surface area (Å²) in [6, 6.07) is 0. The van der Waals surface area contributed by atoms with Gasteiger partial charge >= 0.3 is 0 Å². The summed E-state index contributed by atoms with van der Waals surface area (Å²) in [5.41, 5.74) is 0. The molecule has 16 heavy (non-hydrogen) atoms. The Balaban J connectivity index is 1.39. The van der Waals surface area contributed by atoms with Crippen molar-refractivity contribution in [1.29, 1.82) is 0 Å². The van der Waals surface area contributed by atoms with Gasteiger partial charge in [0, 0.05) is 39.0 Å². The maximum Gasteiger partial charge on any atom is 0.222 e. The number of carbonyl (C=O) groups excluding carboxylic acids is 2. The SMILES string of the molecule is O=C(CCCCCCC(=O)N1CC1)N1CC1. The highest BCUT2D eigenvalue weighted by Gasteiger charge is 2.23. The summed E-state index contributed by atoms with van der Waals surface area (Å²) in [5.74, 6) is 0.611. The van der Waals surface area contributed by atoms with Crippen LogP contribution in [0.2, 0.25) is 0 Å². The van der Waals surface area contributed by atoms with Gasteiger partial charge in [0.25, 0.3) is 0 Å². The molecule has 2 aliphatic heterocycles. The largest absolute Gasteiger partial charge is 0.339 e. The molecule has 0 aromatic carbocycles. The van der Waals surface area contributed by atoms with Crippen LogP contribution in [0.4, 0.5) is 0 Å². The molecular weight excluding hydrogens is 204 g/mol. The molecule has 0 aliphatic carbocycles. The van der Waals surface area contributed by atoms with E-state index in [0.717, 1.165) is 51.9 Å². The number of nitrogens with zero attached hydrogens (tertiary/aromatic N) is 2. The lowest BCUT2D eigenvalue weighted by Crippen LogP contribution is -2.10. The van der Waals surface area contributed by atoms with Crippen molar-refractivity contribution in [1.82, 2.24) is 9.80 Å². The van der Waals surface area contributed by atoms with Crippen molar-refractivity contribution in [3.8, 4) is 0 Å². The monoisotopic (exact) mass is 224 g/mol. The predicted molar refractivity (Wildman–Crippen MR) is 60.9 cm³/mol. The van der Waals surface area contributed by atoms with E-state index in [0.29, 0.717) is 24.7 Å². The quantitative estimate of drug-likeness (QED) is 0.478. The van der Waals surface area contributed by atoms with Gasteiger partial charge in [-0.3, -0.25) is 9.59 Å². The van der Waals surface area contributed by atoms with Crippen LogP contribution in [-0.4, -0.2) is 47.8 Å². The number of carbonyl (C=O) groups is 2. The summed E-state index contributed by atoms with van der Waals surface area (Å²) in [6.07, 6.45) is 5.50. The summed E-state index contributed by atoms with van der Waals surface area (Å²) >= 11 is 0. The van der Waals surface area contributed by atoms with E-state index < -0.39 is 0 Å². The van der Waals surface area contributed by atoms with Crippen LogP contribution in [0, 0.1) is 0 Å². The van der Waals surface area contributed by atoms with Gasteiger partial charge in [-0.2, -0.15) is 0 Å². The molecule has 2 aliphatic rings. The van der Waals surface area contributed by atoms with Crippen molar-refractivity contribution in [2.45, 2.75) is 38.5 Å². The first-order chi connectivity index (χ1) is 7.77. The molecule has 2 rings (SSSR count). The van der Waals surface area contributed by atoms with E-state index in [2.05, 4.69) is 0 Å². The Morgan fingerprint density at radius 2 is 1.06 bits per heavy atom. The first-order valence-electron chi connectivity index (χ1n) is 6.33. The number of amides is 2. The van der Waals surface area contributed by atoms with Gasteiger partial charge in [-0.15, -0.1) is 0 Å². The lowest BCUT2D eigenvalue weighted by Gasteiger charge is -2.02. The van der Waals surface area contributed by atoms with Gasteiger partial charge in [0.2, 0.25) is 11.8 Å². The smallest absolute Gasteiger partial charge is 0.222 e. The van der Waals surface area contributed by atoms with Gasteiger partial charge in [-0.05, 0) is 12.8 Å². The van der Waals surface area contributed by atoms with Crippen molar-refractivity contribution < 1.29 is 9.59 Å². The second-order valence-electron chi connectivity index (χ2n) is 4.68. The molecule has 0 bridgehead atoms. The standard InChI is InChI=1S/C12H20N2O2/c15-11(13-7-8-13)5-3-1-2-4-6-12(16)14-9-10-14/h1-10H2. The highest BCUT2D eigenvalue weighted by Crippen LogP contribution is 2.13. The minimum atomic E-state index is 0.306. The highest BCUT2D eigenvalue weighted by atomic mass is 16.2. The van der Waals surface area contributed by atoms with Gasteiger partial charge in [-0.25, -0.2) is 0 Å². The Labute approximate surface area is 96.6 Å². The summed E-state index contributed by atoms with van der Waals surface area (Å²) in [7, 11) is 0. The number of hydrogen-bond donors (Lipinski definition) is 0. The number of hydrogen-bond acceptors (Lipinski definition) is 2. The molecule has 2 amide bonds. The van der Waals surface area contributed by atoms with E-state index in [9.17, 15) is 9.59 Å². The van der Waals surface area contributed by atoms with Crippen LogP contribution in [-0.2, 0) is 9.59 Å². The lowest BCUT2D eigenvalue weighted by atomic mass is 10.1. The molecule has 0 spiro atoms. The second kappa shape index (κ2) is 5.32. The molecule has 0 unspecified atom stereocenters. The van der Waals surface area contributed by atoms with Gasteiger partial charge in [0.1, 0.15) is 0 Å². The van der Waals surface area contributed by atoms with Gasteiger partial charge in [-0.1, -0.05) is 12.8 Å². The van der Waals surface area contributed by atoms with Crippen LogP contribution in [0.15, 0.2) is 0 Å². The molecule has 90 valence electrons. The molecule has 2 saturated heterocycles. The van der Waals surface area contributed by atoms with Crippen molar-refractivity contribution in [3.05, 3.63) is 0 Å². The van der Waals surface area contributed by atoms with Crippen molar-refractivity contribution in [3.63, 3.8) is 0 Å². The first kappa shape index (κ1) is 11.4. The Kier molecular flexibility index (Phi) is 3.80. The normalized spacial score (nSPS) is 17.5. The zero-order valence-corrected chi connectivity index (χ0v) is 9.78. The Hall–Kier alpha value is -1.06. The molecule has 0 N–H and O–H groups in total. The predicted octanol–water partition coefficient (Wildman–Crippen LogP) is 1.01. The Morgan fingerprint density at radius 1 is 0.688 bits per heavy atom. The first-order valence-corrected chi connectivity index (χ1v) is 6.33. The highest BCUT2D eigenvalue weighted by molar-refractivity contribution is 5.78. The molecular formula is C12H20N2O2. The van der Waals surface area contributed by atoms with Crippen LogP contribution in [0.3, 0.4) is 0 Å². The van der Waals surface area contributed by atoms with Crippen LogP contribution in [0.25, 0.3) is 0 Å². The fraction of sp³-hybridized carbons (Fsp3) is 0.833. The van der Waals surface area contributed by atoms with Crippen LogP contribution >= 0.6 is 0 Å². The molecule has 4 nitrogen and oxygen atoms in total. The fourth-order valence-corrected chi connectivity index (χ4v) is 1.82. The van der Waals surface area contributed by atoms with Gasteiger partial charge in [0.15, 0.2) is 0 Å². The van der Waals surface area contributed by atoms with Gasteiger partial charge in [0.05, 0.1) is 0 Å². The Morgan fingerprint density at radius 3 is 1.38 bits per heavy atom. The van der Waals surface area contributed by atoms with E-state index in [1.54, 1.807) is 0 Å². The maximum absolute atomic E-state index is 11.3. The van der Waals surface area contributed by atoms with E-state index in [-0.39, 0.29) is 0 Å². The minimum Gasteiger partial charge on any atom is -0.339 e. The summed E-state index contributed by atoms with van der Waals surface area (Å²) in [4.78, 5) is 26.4. The fourth-order valence-electron chi connectivity index (χ4n) is 1.82. The van der Waals surface area contributed by atoms with Crippen molar-refractivity contribution >= 4 is 11.8 Å². The molecule has 2 fully saturated rings. The number of unbranched alkanes of at least 4 members (excludes halogenated alkanes) is 3. The van der Waals surface area contributed by atoms with Crippen LogP contribution < -0.4 is 0 Å². The Bertz CT molecular complexity index is 242. The summed E-state index contributed by atoms with van der Waals surface area (Å²) in [6.45, 7) is 3.85. The topological polar surface area (TPSA) is 40.2 Å². The zero-order chi connectivity index (χ0) is 11.4. The lowest BCUT2D eigenvalue weighted by molar-refractivity contribution is -0.126. The summed E-state index contributed by atoms with van der Waals surface area (Å²) in [5, 5.41) is 0. The minimum absolute atomic E-state index is 0.306.